The molecule has 6 aromatic heterocycles. The minimum Gasteiger partial charge on any atom is -0.121 e. The summed E-state index contributed by atoms with van der Waals surface area (Å²) in [7, 11) is 0. The van der Waals surface area contributed by atoms with Gasteiger partial charge in [0.2, 0.25) is 0 Å². The molecule has 12 bridgehead atoms. The first-order valence-corrected chi connectivity index (χ1v) is 43.9. The largest absolute Gasteiger partial charge is 0.121 e. The molecular weight excluding hydrogens is 1250 g/mol. The molecule has 0 saturated heterocycles. The lowest BCUT2D eigenvalue weighted by Gasteiger charge is -2.11. The zero-order valence-corrected chi connectivity index (χ0v) is 64.2. The van der Waals surface area contributed by atoms with Crippen LogP contribution in [-0.4, -0.2) is 0 Å². The number of thiophene rings is 6. The highest BCUT2D eigenvalue weighted by molar-refractivity contribution is 8.08. The molecule has 0 saturated carbocycles. The van der Waals surface area contributed by atoms with Crippen LogP contribution in [0.5, 0.6) is 0 Å². The second-order valence-corrected chi connectivity index (χ2v) is 39.0. The first-order chi connectivity index (χ1) is 41.2. The highest BCUT2D eigenvalue weighted by Gasteiger charge is 2.31. The zero-order valence-electron chi connectivity index (χ0n) is 54.4. The molecule has 0 N–H and O–H groups in total. The van der Waals surface area contributed by atoms with E-state index in [1.807, 2.05) is 0 Å². The summed E-state index contributed by atoms with van der Waals surface area (Å²) >= 11 is 26.6. The van der Waals surface area contributed by atoms with E-state index in [9.17, 15) is 0 Å². The fourth-order valence-electron chi connectivity index (χ4n) is 11.5. The Morgan fingerprint density at radius 3 is 0.298 bits per heavy atom. The fourth-order valence-corrected chi connectivity index (χ4v) is 31.8. The van der Waals surface area contributed by atoms with Crippen LogP contribution in [0.15, 0.2) is 50.5 Å². The Labute approximate surface area is 564 Å². The summed E-state index contributed by atoms with van der Waals surface area (Å²) in [5.74, 6) is 0. The Hall–Kier alpha value is 0.300. The quantitative estimate of drug-likeness (QED) is 0.0381. The van der Waals surface area contributed by atoms with E-state index in [1.165, 1.54) is 231 Å². The second-order valence-electron chi connectivity index (χ2n) is 23.7. The van der Waals surface area contributed by atoms with Gasteiger partial charge in [0.05, 0.1) is 50.5 Å². The first kappa shape index (κ1) is 71.7. The zero-order chi connectivity index (χ0) is 59.8. The third-order valence-electron chi connectivity index (χ3n) is 16.7. The minimum atomic E-state index is 1.20. The number of hydrogen-bond donors (Lipinski definition) is 0. The van der Waals surface area contributed by atoms with Crippen LogP contribution in [0, 0.1) is 0 Å². The van der Waals surface area contributed by atoms with Crippen LogP contribution in [0.1, 0.15) is 304 Å². The Kier molecular flexibility index (Phi) is 33.3. The smallest absolute Gasteiger partial charge is 0.0701 e. The van der Waals surface area contributed by atoms with Crippen molar-refractivity contribution in [3.8, 4) is 0 Å². The fraction of sp³-hybridized carbons (Fsp3) is 0.667. The van der Waals surface area contributed by atoms with Crippen molar-refractivity contribution in [1.82, 2.24) is 0 Å². The SMILES string of the molecule is CCCCc1c2sc(c1CCCC)Sc1sc(c(CCCC)c1CCCC)Sc1sc(c(CCCC)c1CCCC)Sc1sc(c(CCCC)c1CCCC)Sc1sc(c(CCCC)c1CCCC)Sc1sc(c(CCCC)c1CCCC)S2. The van der Waals surface area contributed by atoms with Gasteiger partial charge in [-0.3, -0.25) is 0 Å². The molecule has 0 aliphatic carbocycles. The van der Waals surface area contributed by atoms with E-state index in [1.54, 1.807) is 117 Å². The average molecular weight is 1360 g/mol. The van der Waals surface area contributed by atoms with Gasteiger partial charge >= 0.3 is 0 Å². The highest BCUT2D eigenvalue weighted by atomic mass is 32.2. The summed E-state index contributed by atoms with van der Waals surface area (Å²) < 4.78 is 19.4. The van der Waals surface area contributed by atoms with Gasteiger partial charge in [-0.25, -0.2) is 0 Å². The summed E-state index contributed by atoms with van der Waals surface area (Å²) in [6.45, 7) is 29.0. The molecular formula is C72H108S12. The molecule has 7 rings (SSSR count). The summed E-state index contributed by atoms with van der Waals surface area (Å²) in [6, 6.07) is 0. The number of hydrogen-bond acceptors (Lipinski definition) is 12. The monoisotopic (exact) mass is 1360 g/mol. The molecule has 0 spiro atoms. The Morgan fingerprint density at radius 2 is 0.226 bits per heavy atom. The lowest BCUT2D eigenvalue weighted by atomic mass is 10.0. The maximum absolute atomic E-state index is 2.42. The number of rotatable bonds is 36. The summed E-state index contributed by atoms with van der Waals surface area (Å²) in [5, 5.41) is 0. The van der Waals surface area contributed by atoms with Gasteiger partial charge in [-0.1, -0.05) is 231 Å². The van der Waals surface area contributed by atoms with E-state index in [0.717, 1.165) is 0 Å². The minimum absolute atomic E-state index is 1.20. The van der Waals surface area contributed by atoms with E-state index < -0.39 is 0 Å². The summed E-state index contributed by atoms with van der Waals surface area (Å²) in [5.41, 5.74) is 20.5. The van der Waals surface area contributed by atoms with Crippen molar-refractivity contribution < 1.29 is 0 Å². The molecule has 0 aromatic carbocycles. The molecule has 468 valence electrons. The molecule has 12 heteroatoms. The van der Waals surface area contributed by atoms with Crippen LogP contribution in [-0.2, 0) is 77.0 Å². The van der Waals surface area contributed by atoms with Crippen molar-refractivity contribution in [3.05, 3.63) is 66.8 Å². The molecule has 0 nitrogen and oxygen atoms in total. The molecule has 7 heterocycles. The van der Waals surface area contributed by atoms with Gasteiger partial charge in [0.25, 0.3) is 0 Å². The van der Waals surface area contributed by atoms with E-state index in [-0.39, 0.29) is 0 Å². The van der Waals surface area contributed by atoms with Crippen LogP contribution < -0.4 is 0 Å². The maximum Gasteiger partial charge on any atom is 0.0701 e. The number of fused-ring (bicyclic) bond motifs is 12. The summed E-state index contributed by atoms with van der Waals surface area (Å²) in [6.07, 6.45) is 44.5. The topological polar surface area (TPSA) is 0 Å². The van der Waals surface area contributed by atoms with E-state index in [0.29, 0.717) is 0 Å². The molecule has 0 radical (unpaired) electrons. The van der Waals surface area contributed by atoms with Crippen molar-refractivity contribution in [2.24, 2.45) is 0 Å². The van der Waals surface area contributed by atoms with Gasteiger partial charge in [-0.05, 0) is 221 Å². The van der Waals surface area contributed by atoms with Crippen LogP contribution in [0.3, 0.4) is 0 Å². The third kappa shape index (κ3) is 19.2. The standard InChI is InChI=1S/C72H108S12/c1-13-25-37-49-50(38-26-14-2)62-73-61(49)79-63-51(39-27-15-3)52(40-28-16-4)65(74-63)81-67-55(43-31-19-7)56(44-32-20-8)69(76-67)83-71-59(47-35-23-11)60(48-36-24-12)72(78-71)84-70-58(46-34-22-10)57(45-33-21-9)68(77-70)82-66-54(42-30-18-6)53(41-29-17-5)64(75-66)80-62/h13-48H2,1-12H3. The van der Waals surface area contributed by atoms with Crippen LogP contribution in [0.4, 0.5) is 0 Å². The Morgan fingerprint density at radius 1 is 0.143 bits per heavy atom. The van der Waals surface area contributed by atoms with Gasteiger partial charge in [-0.15, -0.1) is 68.0 Å². The normalized spacial score (nSPS) is 13.0. The van der Waals surface area contributed by atoms with Gasteiger partial charge in [-0.2, -0.15) is 0 Å². The van der Waals surface area contributed by atoms with Gasteiger partial charge in [0.1, 0.15) is 0 Å². The van der Waals surface area contributed by atoms with Crippen molar-refractivity contribution in [2.45, 2.75) is 365 Å². The lowest BCUT2D eigenvalue weighted by molar-refractivity contribution is 0.747. The van der Waals surface area contributed by atoms with Crippen LogP contribution >= 0.6 is 139 Å². The number of unbranched alkanes of at least 4 members (excludes halogenated alkanes) is 12. The average Bonchev–Trinajstić information content (AvgIpc) is 2.48. The molecule has 1 aliphatic heterocycles. The van der Waals surface area contributed by atoms with Gasteiger partial charge in [0, 0.05) is 0 Å². The van der Waals surface area contributed by atoms with Crippen molar-refractivity contribution in [2.75, 3.05) is 0 Å². The Bertz CT molecular complexity index is 2200. The van der Waals surface area contributed by atoms with Gasteiger partial charge < -0.3 is 0 Å². The molecule has 0 fully saturated rings. The van der Waals surface area contributed by atoms with Crippen molar-refractivity contribution >= 4 is 139 Å². The highest BCUT2D eigenvalue weighted by Crippen LogP contribution is 2.59. The Balaban J connectivity index is 1.58. The molecule has 0 atom stereocenters. The van der Waals surface area contributed by atoms with Crippen LogP contribution in [0.25, 0.3) is 0 Å². The van der Waals surface area contributed by atoms with E-state index in [2.05, 4.69) is 222 Å². The van der Waals surface area contributed by atoms with E-state index in [4.69, 9.17) is 0 Å². The molecule has 0 amide bonds. The predicted molar refractivity (Wildman–Crippen MR) is 394 cm³/mol. The lowest BCUT2D eigenvalue weighted by Crippen LogP contribution is -1.96. The van der Waals surface area contributed by atoms with Gasteiger partial charge in [0.15, 0.2) is 0 Å². The first-order valence-electron chi connectivity index (χ1n) is 34.1. The molecule has 6 aromatic rings. The van der Waals surface area contributed by atoms with E-state index >= 15 is 0 Å². The molecule has 0 unspecified atom stereocenters. The second kappa shape index (κ2) is 39.0. The summed E-state index contributed by atoms with van der Waals surface area (Å²) in [4.78, 5) is 0. The third-order valence-corrected chi connectivity index (χ3v) is 33.1. The maximum atomic E-state index is 2.42. The van der Waals surface area contributed by atoms with Crippen LogP contribution in [0.2, 0.25) is 0 Å². The van der Waals surface area contributed by atoms with Crippen molar-refractivity contribution in [1.29, 1.82) is 0 Å². The predicted octanol–water partition coefficient (Wildman–Crippen LogP) is 29.4. The molecule has 1 aliphatic rings. The molecule has 84 heavy (non-hydrogen) atoms. The van der Waals surface area contributed by atoms with Crippen molar-refractivity contribution in [3.63, 3.8) is 0 Å².